The second kappa shape index (κ2) is 9.40. The van der Waals surface area contributed by atoms with E-state index in [1.807, 2.05) is 39.0 Å². The molecule has 33 heavy (non-hydrogen) atoms. The zero-order valence-corrected chi connectivity index (χ0v) is 20.3. The Bertz CT molecular complexity index is 1160. The molecule has 4 heterocycles. The average Bonchev–Trinajstić information content (AvgIpc) is 3.22. The number of esters is 1. The minimum atomic E-state index is -0.294. The lowest BCUT2D eigenvalue weighted by Crippen LogP contribution is -2.41. The van der Waals surface area contributed by atoms with E-state index in [2.05, 4.69) is 52.1 Å². The van der Waals surface area contributed by atoms with Crippen LogP contribution in [0.4, 0.5) is 0 Å². The van der Waals surface area contributed by atoms with Crippen LogP contribution in [-0.4, -0.2) is 64.5 Å². The highest BCUT2D eigenvalue weighted by Crippen LogP contribution is 2.32. The van der Waals surface area contributed by atoms with Crippen molar-refractivity contribution in [3.8, 4) is 11.1 Å². The number of rotatable bonds is 6. The lowest BCUT2D eigenvalue weighted by molar-refractivity contribution is 0.0377. The molecule has 0 aliphatic carbocycles. The molecule has 1 aliphatic heterocycles. The molecule has 0 amide bonds. The molecule has 1 saturated heterocycles. The van der Waals surface area contributed by atoms with Gasteiger partial charge in [-0.05, 0) is 83.1 Å². The first-order chi connectivity index (χ1) is 15.8. The Balaban J connectivity index is 1.80. The molecule has 3 aromatic heterocycles. The molecule has 0 spiro atoms. The number of fused-ring (bicyclic) bond motifs is 1. The highest BCUT2D eigenvalue weighted by atomic mass is 16.5. The molecule has 3 aromatic rings. The van der Waals surface area contributed by atoms with Gasteiger partial charge in [-0.3, -0.25) is 4.98 Å². The monoisotopic (exact) mass is 446 g/mol. The standard InChI is InChI=1S/C27H34N4O2/c1-18(2)33-27(32)25-16-24-15-22(21-7-11-28-12-8-21)17-31(24)26(19(25)3)20(4)30-13-9-23(10-14-30)29(5)6/h7-8,11-12,15-18,23H,4,9-10,13-14H2,1-3,5-6H3. The molecular formula is C27H34N4O2. The Morgan fingerprint density at radius 3 is 2.42 bits per heavy atom. The fourth-order valence-electron chi connectivity index (χ4n) is 4.70. The van der Waals surface area contributed by atoms with E-state index in [-0.39, 0.29) is 12.1 Å². The SMILES string of the molecule is C=C(c1c(C)c(C(=O)OC(C)C)cc2cc(-c3ccncc3)cn12)N1CCC(N(C)C)CC1. The Kier molecular flexibility index (Phi) is 6.56. The number of pyridine rings is 2. The van der Waals surface area contributed by atoms with Gasteiger partial charge in [0.25, 0.3) is 0 Å². The van der Waals surface area contributed by atoms with Crippen LogP contribution in [0.1, 0.15) is 48.3 Å². The molecule has 0 atom stereocenters. The summed E-state index contributed by atoms with van der Waals surface area (Å²) in [5, 5.41) is 0. The number of carbonyl (C=O) groups is 1. The van der Waals surface area contributed by atoms with Crippen molar-refractivity contribution in [2.75, 3.05) is 27.2 Å². The van der Waals surface area contributed by atoms with Crippen LogP contribution in [0.25, 0.3) is 22.3 Å². The minimum Gasteiger partial charge on any atom is -0.459 e. The zero-order chi connectivity index (χ0) is 23.7. The number of nitrogens with zero attached hydrogens (tertiary/aromatic N) is 4. The van der Waals surface area contributed by atoms with E-state index < -0.39 is 0 Å². The number of ether oxygens (including phenoxy) is 1. The second-order valence-corrected chi connectivity index (χ2v) is 9.37. The molecule has 0 bridgehead atoms. The molecule has 1 fully saturated rings. The van der Waals surface area contributed by atoms with Gasteiger partial charge in [0.1, 0.15) is 0 Å². The summed E-state index contributed by atoms with van der Waals surface area (Å²) in [4.78, 5) is 21.8. The molecule has 0 aromatic carbocycles. The number of aromatic nitrogens is 2. The maximum absolute atomic E-state index is 13.0. The summed E-state index contributed by atoms with van der Waals surface area (Å²) in [6.07, 6.45) is 7.73. The summed E-state index contributed by atoms with van der Waals surface area (Å²) in [7, 11) is 4.29. The van der Waals surface area contributed by atoms with Crippen LogP contribution in [0.15, 0.2) is 49.4 Å². The van der Waals surface area contributed by atoms with Gasteiger partial charge in [0.15, 0.2) is 0 Å². The second-order valence-electron chi connectivity index (χ2n) is 9.37. The van der Waals surface area contributed by atoms with Gasteiger partial charge in [-0.1, -0.05) is 6.58 Å². The average molecular weight is 447 g/mol. The quantitative estimate of drug-likeness (QED) is 0.506. The van der Waals surface area contributed by atoms with E-state index >= 15 is 0 Å². The molecule has 1 aliphatic rings. The molecule has 4 rings (SSSR count). The van der Waals surface area contributed by atoms with Crippen LogP contribution in [0.2, 0.25) is 0 Å². The van der Waals surface area contributed by atoms with E-state index in [1.165, 1.54) is 0 Å². The summed E-state index contributed by atoms with van der Waals surface area (Å²) in [6, 6.07) is 8.62. The lowest BCUT2D eigenvalue weighted by atomic mass is 10.0. The molecular weight excluding hydrogens is 412 g/mol. The van der Waals surface area contributed by atoms with Gasteiger partial charge in [-0.25, -0.2) is 4.79 Å². The van der Waals surface area contributed by atoms with E-state index in [9.17, 15) is 4.79 Å². The molecule has 6 nitrogen and oxygen atoms in total. The molecule has 0 saturated carbocycles. The Morgan fingerprint density at radius 2 is 1.82 bits per heavy atom. The first-order valence-electron chi connectivity index (χ1n) is 11.6. The number of piperidine rings is 1. The van der Waals surface area contributed by atoms with Crippen molar-refractivity contribution in [2.24, 2.45) is 0 Å². The first-order valence-corrected chi connectivity index (χ1v) is 11.6. The molecule has 0 radical (unpaired) electrons. The van der Waals surface area contributed by atoms with Gasteiger partial charge in [0.2, 0.25) is 0 Å². The third-order valence-corrected chi connectivity index (χ3v) is 6.57. The molecule has 6 heteroatoms. The Hall–Kier alpha value is -3.12. The van der Waals surface area contributed by atoms with Gasteiger partial charge in [0, 0.05) is 48.8 Å². The maximum Gasteiger partial charge on any atom is 0.338 e. The summed E-state index contributed by atoms with van der Waals surface area (Å²) < 4.78 is 7.74. The van der Waals surface area contributed by atoms with Crippen molar-refractivity contribution in [2.45, 2.75) is 45.8 Å². The smallest absolute Gasteiger partial charge is 0.338 e. The van der Waals surface area contributed by atoms with Crippen LogP contribution < -0.4 is 0 Å². The summed E-state index contributed by atoms with van der Waals surface area (Å²) in [5.74, 6) is -0.294. The van der Waals surface area contributed by atoms with Crippen molar-refractivity contribution in [1.29, 1.82) is 0 Å². The lowest BCUT2D eigenvalue weighted by Gasteiger charge is -2.38. The topological polar surface area (TPSA) is 50.1 Å². The third kappa shape index (κ3) is 4.67. The van der Waals surface area contributed by atoms with E-state index in [4.69, 9.17) is 4.74 Å². The minimum absolute atomic E-state index is 0.177. The van der Waals surface area contributed by atoms with Crippen molar-refractivity contribution < 1.29 is 9.53 Å². The van der Waals surface area contributed by atoms with E-state index in [1.54, 1.807) is 12.4 Å². The number of likely N-dealkylation sites (tertiary alicyclic amines) is 1. The van der Waals surface area contributed by atoms with Crippen molar-refractivity contribution >= 4 is 17.2 Å². The van der Waals surface area contributed by atoms with Gasteiger partial charge in [-0.15, -0.1) is 0 Å². The summed E-state index contributed by atoms with van der Waals surface area (Å²) in [5.41, 5.74) is 6.51. The third-order valence-electron chi connectivity index (χ3n) is 6.57. The normalized spacial score (nSPS) is 14.9. The largest absolute Gasteiger partial charge is 0.459 e. The van der Waals surface area contributed by atoms with Crippen molar-refractivity contribution in [3.63, 3.8) is 0 Å². The molecule has 174 valence electrons. The predicted molar refractivity (Wildman–Crippen MR) is 133 cm³/mol. The van der Waals surface area contributed by atoms with Crippen LogP contribution >= 0.6 is 0 Å². The highest BCUT2D eigenvalue weighted by Gasteiger charge is 2.26. The van der Waals surface area contributed by atoms with Gasteiger partial charge in [-0.2, -0.15) is 0 Å². The van der Waals surface area contributed by atoms with Crippen LogP contribution in [0, 0.1) is 6.92 Å². The van der Waals surface area contributed by atoms with Gasteiger partial charge >= 0.3 is 5.97 Å². The Morgan fingerprint density at radius 1 is 1.15 bits per heavy atom. The van der Waals surface area contributed by atoms with E-state index in [0.717, 1.165) is 59.5 Å². The highest BCUT2D eigenvalue weighted by molar-refractivity contribution is 5.94. The fraction of sp³-hybridized carbons (Fsp3) is 0.407. The van der Waals surface area contributed by atoms with Crippen LogP contribution in [0.3, 0.4) is 0 Å². The fourth-order valence-corrected chi connectivity index (χ4v) is 4.70. The van der Waals surface area contributed by atoms with Crippen molar-refractivity contribution in [3.05, 3.63) is 66.3 Å². The summed E-state index contributed by atoms with van der Waals surface area (Å²) >= 11 is 0. The van der Waals surface area contributed by atoms with Gasteiger partial charge in [0.05, 0.1) is 23.1 Å². The number of hydrogen-bond donors (Lipinski definition) is 0. The van der Waals surface area contributed by atoms with Crippen LogP contribution in [-0.2, 0) is 4.74 Å². The zero-order valence-electron chi connectivity index (χ0n) is 20.3. The number of carbonyl (C=O) groups excluding carboxylic acids is 1. The van der Waals surface area contributed by atoms with Crippen molar-refractivity contribution in [1.82, 2.24) is 19.2 Å². The molecule has 0 N–H and O–H groups in total. The first kappa shape index (κ1) is 23.1. The Labute approximate surface area is 196 Å². The summed E-state index contributed by atoms with van der Waals surface area (Å²) in [6.45, 7) is 12.1. The predicted octanol–water partition coefficient (Wildman–Crippen LogP) is 4.87. The van der Waals surface area contributed by atoms with Crippen LogP contribution in [0.5, 0.6) is 0 Å². The number of hydrogen-bond acceptors (Lipinski definition) is 5. The van der Waals surface area contributed by atoms with Gasteiger partial charge < -0.3 is 18.9 Å². The maximum atomic E-state index is 13.0. The molecule has 0 unspecified atom stereocenters. The van der Waals surface area contributed by atoms with E-state index in [0.29, 0.717) is 11.6 Å².